The van der Waals surface area contributed by atoms with Crippen molar-refractivity contribution in [2.75, 3.05) is 19.8 Å². The number of benzene rings is 1. The SMILES string of the molecule is CCOC(=O)[C@H]1[C@H]2C(=O)N(CCO)[C@H](C(=O)NCn3nnc4ccccc43)[C@H]2C=C[C@H]1CC. The number of ether oxygens (including phenoxy) is 1. The van der Waals surface area contributed by atoms with Gasteiger partial charge in [0, 0.05) is 12.5 Å². The van der Waals surface area contributed by atoms with Crippen LogP contribution in [0.2, 0.25) is 0 Å². The van der Waals surface area contributed by atoms with E-state index in [1.54, 1.807) is 11.6 Å². The van der Waals surface area contributed by atoms with Gasteiger partial charge in [0.1, 0.15) is 18.2 Å². The molecule has 0 spiro atoms. The van der Waals surface area contributed by atoms with Gasteiger partial charge >= 0.3 is 5.97 Å². The van der Waals surface area contributed by atoms with E-state index in [1.807, 2.05) is 43.3 Å². The second-order valence-electron chi connectivity index (χ2n) is 8.31. The summed E-state index contributed by atoms with van der Waals surface area (Å²) < 4.78 is 6.86. The van der Waals surface area contributed by atoms with Crippen LogP contribution in [-0.2, 0) is 25.8 Å². The minimum atomic E-state index is -0.838. The van der Waals surface area contributed by atoms with Crippen molar-refractivity contribution in [3.63, 3.8) is 0 Å². The average Bonchev–Trinajstić information content (AvgIpc) is 3.36. The predicted molar refractivity (Wildman–Crippen MR) is 118 cm³/mol. The molecule has 1 aliphatic carbocycles. The van der Waals surface area contributed by atoms with Gasteiger partial charge in [-0.1, -0.05) is 36.4 Å². The summed E-state index contributed by atoms with van der Waals surface area (Å²) in [5.74, 6) is -3.09. The van der Waals surface area contributed by atoms with E-state index in [2.05, 4.69) is 15.6 Å². The van der Waals surface area contributed by atoms with Gasteiger partial charge in [0.15, 0.2) is 0 Å². The molecule has 0 saturated carbocycles. The number of allylic oxidation sites excluding steroid dienone is 1. The number of β-amino-alcohol motifs (C(OH)–C–C–N with tert-alkyl or cyclic N) is 1. The lowest BCUT2D eigenvalue weighted by Gasteiger charge is -2.33. The van der Waals surface area contributed by atoms with E-state index in [1.165, 1.54) is 4.90 Å². The number of nitrogens with one attached hydrogen (secondary N) is 1. The third-order valence-corrected chi connectivity index (χ3v) is 6.57. The molecule has 5 atom stereocenters. The number of aliphatic hydroxyl groups is 1. The summed E-state index contributed by atoms with van der Waals surface area (Å²) in [6, 6.07) is 6.56. The van der Waals surface area contributed by atoms with Crippen LogP contribution in [0.5, 0.6) is 0 Å². The number of esters is 1. The quantitative estimate of drug-likeness (QED) is 0.443. The van der Waals surface area contributed by atoms with E-state index < -0.39 is 29.8 Å². The van der Waals surface area contributed by atoms with Gasteiger partial charge in [0.2, 0.25) is 11.8 Å². The molecular weight excluding hydrogens is 426 g/mol. The van der Waals surface area contributed by atoms with Crippen LogP contribution in [-0.4, -0.2) is 68.6 Å². The van der Waals surface area contributed by atoms with Gasteiger partial charge in [-0.2, -0.15) is 0 Å². The Balaban J connectivity index is 1.60. The summed E-state index contributed by atoms with van der Waals surface area (Å²) in [7, 11) is 0. The van der Waals surface area contributed by atoms with Crippen LogP contribution in [0.1, 0.15) is 20.3 Å². The highest BCUT2D eigenvalue weighted by atomic mass is 16.5. The molecule has 2 aliphatic rings. The first-order chi connectivity index (χ1) is 16.0. The molecule has 4 rings (SSSR count). The number of aliphatic hydroxyl groups excluding tert-OH is 1. The molecule has 2 amide bonds. The van der Waals surface area contributed by atoms with Gasteiger partial charge < -0.3 is 20.1 Å². The third kappa shape index (κ3) is 4.10. The van der Waals surface area contributed by atoms with Crippen molar-refractivity contribution < 1.29 is 24.2 Å². The molecule has 10 heteroatoms. The minimum Gasteiger partial charge on any atom is -0.466 e. The molecule has 33 heavy (non-hydrogen) atoms. The third-order valence-electron chi connectivity index (χ3n) is 6.57. The van der Waals surface area contributed by atoms with Crippen molar-refractivity contribution in [1.29, 1.82) is 0 Å². The monoisotopic (exact) mass is 455 g/mol. The second kappa shape index (κ2) is 9.70. The molecule has 1 aromatic carbocycles. The average molecular weight is 456 g/mol. The molecule has 10 nitrogen and oxygen atoms in total. The van der Waals surface area contributed by atoms with Crippen molar-refractivity contribution in [3.05, 3.63) is 36.4 Å². The maximum absolute atomic E-state index is 13.4. The highest BCUT2D eigenvalue weighted by Crippen LogP contribution is 2.45. The van der Waals surface area contributed by atoms with Crippen molar-refractivity contribution in [3.8, 4) is 0 Å². The normalized spacial score (nSPS) is 26.5. The van der Waals surface area contributed by atoms with Crippen molar-refractivity contribution >= 4 is 28.8 Å². The standard InChI is InChI=1S/C23H29N5O5/c1-3-14-9-10-15-19(18(14)23(32)33-4-2)22(31)27(11-12-29)20(15)21(30)24-13-28-17-8-6-5-7-16(17)25-26-28/h5-10,14-15,18-20,29H,3-4,11-13H2,1-2H3,(H,24,30)/t14-,15+,18-,19+,20+/m1/s1. The first-order valence-electron chi connectivity index (χ1n) is 11.3. The van der Waals surface area contributed by atoms with E-state index in [4.69, 9.17) is 4.74 Å². The molecule has 1 aromatic heterocycles. The minimum absolute atomic E-state index is 0.0103. The first-order valence-corrected chi connectivity index (χ1v) is 11.3. The van der Waals surface area contributed by atoms with Gasteiger partial charge in [-0.15, -0.1) is 5.10 Å². The van der Waals surface area contributed by atoms with E-state index in [0.29, 0.717) is 11.9 Å². The van der Waals surface area contributed by atoms with Crippen LogP contribution >= 0.6 is 0 Å². The summed E-state index contributed by atoms with van der Waals surface area (Å²) >= 11 is 0. The lowest BCUT2D eigenvalue weighted by molar-refractivity contribution is -0.155. The fraction of sp³-hybridized carbons (Fsp3) is 0.522. The molecule has 0 bridgehead atoms. The number of nitrogens with zero attached hydrogens (tertiary/aromatic N) is 4. The Hall–Kier alpha value is -3.27. The maximum atomic E-state index is 13.4. The van der Waals surface area contributed by atoms with Crippen molar-refractivity contribution in [2.24, 2.45) is 23.7 Å². The van der Waals surface area contributed by atoms with Crippen molar-refractivity contribution in [2.45, 2.75) is 33.0 Å². The summed E-state index contributed by atoms with van der Waals surface area (Å²) in [5.41, 5.74) is 1.49. The number of hydrogen-bond acceptors (Lipinski definition) is 7. The Morgan fingerprint density at radius 3 is 2.73 bits per heavy atom. The van der Waals surface area contributed by atoms with Crippen LogP contribution in [0.15, 0.2) is 36.4 Å². The van der Waals surface area contributed by atoms with Gasteiger partial charge in [-0.25, -0.2) is 4.68 Å². The van der Waals surface area contributed by atoms with Crippen LogP contribution < -0.4 is 5.32 Å². The summed E-state index contributed by atoms with van der Waals surface area (Å²) in [4.78, 5) is 40.9. The second-order valence-corrected chi connectivity index (χ2v) is 8.31. The van der Waals surface area contributed by atoms with Gasteiger partial charge in [0.05, 0.1) is 30.6 Å². The van der Waals surface area contributed by atoms with Crippen LogP contribution in [0.3, 0.4) is 0 Å². The van der Waals surface area contributed by atoms with E-state index >= 15 is 0 Å². The Bertz CT molecular complexity index is 1070. The fourth-order valence-corrected chi connectivity index (χ4v) is 5.09. The van der Waals surface area contributed by atoms with Gasteiger partial charge in [0.25, 0.3) is 0 Å². The number of aromatic nitrogens is 3. The predicted octanol–water partition coefficient (Wildman–Crippen LogP) is 0.716. The van der Waals surface area contributed by atoms with Crippen molar-refractivity contribution in [1.82, 2.24) is 25.2 Å². The Labute approximate surface area is 191 Å². The van der Waals surface area contributed by atoms with E-state index in [-0.39, 0.29) is 44.2 Å². The Kier molecular flexibility index (Phi) is 6.73. The largest absolute Gasteiger partial charge is 0.466 e. The number of rotatable bonds is 8. The molecular formula is C23H29N5O5. The molecule has 1 aliphatic heterocycles. The van der Waals surface area contributed by atoms with Gasteiger partial charge in [-0.3, -0.25) is 14.4 Å². The number of carbonyl (C=O) groups is 3. The Morgan fingerprint density at radius 1 is 1.21 bits per heavy atom. The zero-order chi connectivity index (χ0) is 23.5. The lowest BCUT2D eigenvalue weighted by Crippen LogP contribution is -2.48. The van der Waals surface area contributed by atoms with Gasteiger partial charge in [-0.05, 0) is 31.4 Å². The smallest absolute Gasteiger partial charge is 0.310 e. The molecule has 2 N–H and O–H groups in total. The molecule has 2 heterocycles. The van der Waals surface area contributed by atoms with E-state index in [9.17, 15) is 19.5 Å². The molecule has 1 saturated heterocycles. The fourth-order valence-electron chi connectivity index (χ4n) is 5.09. The van der Waals surface area contributed by atoms with Crippen LogP contribution in [0.4, 0.5) is 0 Å². The maximum Gasteiger partial charge on any atom is 0.310 e. The number of likely N-dealkylation sites (tertiary alicyclic amines) is 1. The zero-order valence-electron chi connectivity index (χ0n) is 18.8. The Morgan fingerprint density at radius 2 is 2.00 bits per heavy atom. The number of hydrogen-bond donors (Lipinski definition) is 2. The molecule has 2 aromatic rings. The van der Waals surface area contributed by atoms with Crippen LogP contribution in [0.25, 0.3) is 11.0 Å². The molecule has 0 radical (unpaired) electrons. The topological polar surface area (TPSA) is 127 Å². The molecule has 176 valence electrons. The number of carbonyl (C=O) groups excluding carboxylic acids is 3. The summed E-state index contributed by atoms with van der Waals surface area (Å²) in [5, 5.41) is 20.6. The molecule has 0 unspecified atom stereocenters. The molecule has 1 fully saturated rings. The lowest BCUT2D eigenvalue weighted by atomic mass is 9.69. The summed E-state index contributed by atoms with van der Waals surface area (Å²) in [6.45, 7) is 3.71. The highest BCUT2D eigenvalue weighted by Gasteiger charge is 2.57. The first kappa shape index (κ1) is 22.9. The van der Waals surface area contributed by atoms with E-state index in [0.717, 1.165) is 5.52 Å². The summed E-state index contributed by atoms with van der Waals surface area (Å²) in [6.07, 6.45) is 4.47. The zero-order valence-corrected chi connectivity index (χ0v) is 18.8. The number of para-hydroxylation sites is 1. The number of amides is 2. The number of fused-ring (bicyclic) bond motifs is 2. The highest BCUT2D eigenvalue weighted by molar-refractivity contribution is 5.96. The van der Waals surface area contributed by atoms with Crippen LogP contribution in [0, 0.1) is 23.7 Å².